The number of nitrogens with zero attached hydrogens (tertiary/aromatic N) is 1. The number of primary amides is 1. The van der Waals surface area contributed by atoms with E-state index in [0.717, 1.165) is 21.6 Å². The van der Waals surface area contributed by atoms with Crippen LogP contribution in [0, 0.1) is 11.3 Å². The SMILES string of the molecule is C[C@@H](O)[C@@H]1NC(=O)[C@H](CCCCN)NC(=O)[C@@H](Cc2ccc(C#N)cc2)NC(=O)[C@H](Cc2ccc(O)cc2)NC(=O)[C@H](NC(=O)[C@@H](N)Cc2ccc(Cl)cc2)CSSC[C@@H](C(=O)N[C@H](Cc2ccc(O)cc2)C(N)=O)NC1=O. The Bertz CT molecular complexity index is 2750. The van der Waals surface area contributed by atoms with Gasteiger partial charge in [-0.1, -0.05) is 81.7 Å². The lowest BCUT2D eigenvalue weighted by molar-refractivity contribution is -0.136. The Hall–Kier alpha value is -7.40. The number of nitriles is 1. The number of carbonyl (C=O) groups is 8. The number of hydrogen-bond acceptors (Lipinski definition) is 16. The van der Waals surface area contributed by atoms with Gasteiger partial charge in [-0.2, -0.15) is 5.26 Å². The van der Waals surface area contributed by atoms with Crippen molar-refractivity contribution in [3.05, 3.63) is 130 Å². The molecule has 78 heavy (non-hydrogen) atoms. The summed E-state index contributed by atoms with van der Waals surface area (Å²) in [5.41, 5.74) is 20.3. The molecular formula is C53H64ClN11O11S2. The Balaban J connectivity index is 1.57. The summed E-state index contributed by atoms with van der Waals surface area (Å²) in [5.74, 6) is -7.92. The summed E-state index contributed by atoms with van der Waals surface area (Å²) in [4.78, 5) is 113. The normalized spacial score (nSPS) is 21.1. The summed E-state index contributed by atoms with van der Waals surface area (Å²) in [5, 5.41) is 59.2. The molecule has 1 aliphatic rings. The molecule has 1 fully saturated rings. The molecule has 0 aliphatic carbocycles. The van der Waals surface area contributed by atoms with Gasteiger partial charge in [-0.15, -0.1) is 0 Å². The van der Waals surface area contributed by atoms with E-state index in [-0.39, 0.29) is 61.7 Å². The molecule has 416 valence electrons. The molecule has 9 atom stereocenters. The van der Waals surface area contributed by atoms with Crippen LogP contribution in [0.15, 0.2) is 97.1 Å². The maximum atomic E-state index is 14.7. The molecule has 0 unspecified atom stereocenters. The monoisotopic (exact) mass is 1130 g/mol. The number of aliphatic hydroxyl groups excluding tert-OH is 1. The summed E-state index contributed by atoms with van der Waals surface area (Å²) >= 11 is 6.07. The number of rotatable bonds is 18. The van der Waals surface area contributed by atoms with Crippen molar-refractivity contribution in [1.29, 1.82) is 5.26 Å². The number of phenols is 2. The van der Waals surface area contributed by atoms with Crippen LogP contribution >= 0.6 is 33.2 Å². The highest BCUT2D eigenvalue weighted by Crippen LogP contribution is 2.24. The van der Waals surface area contributed by atoms with Crippen LogP contribution in [-0.4, -0.2) is 135 Å². The fourth-order valence-electron chi connectivity index (χ4n) is 7.94. The van der Waals surface area contributed by atoms with Gasteiger partial charge in [0.15, 0.2) is 0 Å². The van der Waals surface area contributed by atoms with Crippen LogP contribution in [0.4, 0.5) is 0 Å². The zero-order valence-electron chi connectivity index (χ0n) is 42.5. The number of aliphatic hydroxyl groups is 1. The van der Waals surface area contributed by atoms with E-state index in [9.17, 15) is 58.9 Å². The summed E-state index contributed by atoms with van der Waals surface area (Å²) in [7, 11) is 1.92. The van der Waals surface area contributed by atoms with Crippen LogP contribution in [0.2, 0.25) is 5.02 Å². The molecule has 5 rings (SSSR count). The van der Waals surface area contributed by atoms with Crippen molar-refractivity contribution in [3.8, 4) is 17.6 Å². The first-order valence-corrected chi connectivity index (χ1v) is 27.7. The number of nitrogens with two attached hydrogens (primary N) is 3. The third-order valence-corrected chi connectivity index (χ3v) is 15.0. The standard InChI is InChI=1S/C53H64ClN11O11S2/c1-29(66)45-53(76)64-44(51(74)60-40(46(58)69)23-32-11-17-36(67)18-12-32)28-78-77-27-43(63-47(70)38(57)22-30-9-15-35(54)16-10-30)52(75)62-42(25-33-13-19-37(68)20-14-33)50(73)61-41(24-31-5-7-34(26-56)8-6-31)49(72)59-39(48(71)65-45)4-2-3-21-55/h5-20,29,38-45,66-68H,2-4,21-25,27-28,55,57H2,1H3,(H2,58,69)(H,59,72)(H,60,74)(H,61,73)(H,62,75)(H,63,70)(H,64,76)(H,65,71)/t29-,38+,39+,40-,41-,42+,43-,44+,45+/m1/s1. The van der Waals surface area contributed by atoms with Crippen LogP contribution < -0.4 is 54.4 Å². The molecule has 1 saturated heterocycles. The largest absolute Gasteiger partial charge is 0.508 e. The Morgan fingerprint density at radius 3 is 1.74 bits per heavy atom. The zero-order chi connectivity index (χ0) is 56.9. The molecule has 25 heteroatoms. The minimum Gasteiger partial charge on any atom is -0.508 e. The summed E-state index contributed by atoms with van der Waals surface area (Å²) < 4.78 is 0. The quantitative estimate of drug-likeness (QED) is 0.0461. The number of aromatic hydroxyl groups is 2. The van der Waals surface area contributed by atoms with Gasteiger partial charge in [0.2, 0.25) is 47.3 Å². The maximum absolute atomic E-state index is 14.7. The lowest BCUT2D eigenvalue weighted by Gasteiger charge is -2.29. The van der Waals surface area contributed by atoms with Crippen molar-refractivity contribution in [2.24, 2.45) is 17.2 Å². The smallest absolute Gasteiger partial charge is 0.245 e. The van der Waals surface area contributed by atoms with E-state index in [1.54, 1.807) is 36.4 Å². The molecule has 16 N–H and O–H groups in total. The number of nitrogens with one attached hydrogen (secondary N) is 7. The van der Waals surface area contributed by atoms with Gasteiger partial charge >= 0.3 is 0 Å². The predicted molar refractivity (Wildman–Crippen MR) is 294 cm³/mol. The Morgan fingerprint density at radius 1 is 0.692 bits per heavy atom. The highest BCUT2D eigenvalue weighted by atomic mass is 35.5. The Labute approximate surface area is 463 Å². The van der Waals surface area contributed by atoms with Gasteiger partial charge < -0.3 is 69.7 Å². The maximum Gasteiger partial charge on any atom is 0.245 e. The second kappa shape index (κ2) is 30.5. The number of phenolic OH excluding ortho intramolecular Hbond substituents is 2. The molecule has 22 nitrogen and oxygen atoms in total. The minimum atomic E-state index is -1.75. The average Bonchev–Trinajstić information content (AvgIpc) is 3.41. The van der Waals surface area contributed by atoms with Crippen molar-refractivity contribution >= 4 is 80.4 Å². The second-order valence-corrected chi connectivity index (χ2v) is 21.5. The highest BCUT2D eigenvalue weighted by Gasteiger charge is 2.36. The molecule has 0 saturated carbocycles. The molecular weight excluding hydrogens is 1070 g/mol. The first kappa shape index (κ1) is 61.5. The van der Waals surface area contributed by atoms with Crippen LogP contribution in [-0.2, 0) is 64.0 Å². The molecule has 1 aliphatic heterocycles. The van der Waals surface area contributed by atoms with Crippen molar-refractivity contribution in [1.82, 2.24) is 37.2 Å². The van der Waals surface area contributed by atoms with Gasteiger partial charge in [-0.05, 0) is 110 Å². The van der Waals surface area contributed by atoms with E-state index < -0.39 is 102 Å². The van der Waals surface area contributed by atoms with Gasteiger partial charge in [0, 0.05) is 35.8 Å². The topological polar surface area (TPSA) is 383 Å². The van der Waals surface area contributed by atoms with E-state index in [4.69, 9.17) is 28.8 Å². The van der Waals surface area contributed by atoms with E-state index >= 15 is 0 Å². The molecule has 0 radical (unpaired) electrons. The van der Waals surface area contributed by atoms with E-state index in [0.29, 0.717) is 45.7 Å². The number of benzene rings is 4. The fraction of sp³-hybridized carbons (Fsp3) is 0.377. The molecule has 4 aromatic carbocycles. The van der Waals surface area contributed by atoms with Gasteiger partial charge in [-0.25, -0.2) is 0 Å². The van der Waals surface area contributed by atoms with Crippen molar-refractivity contribution in [2.75, 3.05) is 18.1 Å². The van der Waals surface area contributed by atoms with Gasteiger partial charge in [-0.3, -0.25) is 38.4 Å². The summed E-state index contributed by atoms with van der Waals surface area (Å²) in [6.07, 6.45) is -1.44. The van der Waals surface area contributed by atoms with Gasteiger partial charge in [0.25, 0.3) is 0 Å². The van der Waals surface area contributed by atoms with Gasteiger partial charge in [0.1, 0.15) is 53.8 Å². The third kappa shape index (κ3) is 19.6. The highest BCUT2D eigenvalue weighted by molar-refractivity contribution is 8.76. The lowest BCUT2D eigenvalue weighted by Crippen LogP contribution is -2.62. The lowest BCUT2D eigenvalue weighted by atomic mass is 10.0. The molecule has 0 bridgehead atoms. The first-order chi connectivity index (χ1) is 37.2. The number of halogens is 1. The number of carbonyl (C=O) groups excluding carboxylic acids is 8. The third-order valence-electron chi connectivity index (χ3n) is 12.4. The number of amides is 8. The van der Waals surface area contributed by atoms with Crippen molar-refractivity contribution in [3.63, 3.8) is 0 Å². The van der Waals surface area contributed by atoms with Crippen LogP contribution in [0.1, 0.15) is 54.0 Å². The molecule has 8 amide bonds. The van der Waals surface area contributed by atoms with E-state index in [1.165, 1.54) is 67.6 Å². The van der Waals surface area contributed by atoms with Crippen LogP contribution in [0.5, 0.6) is 11.5 Å². The van der Waals surface area contributed by atoms with Crippen molar-refractivity contribution in [2.45, 2.75) is 106 Å². The first-order valence-electron chi connectivity index (χ1n) is 24.8. The van der Waals surface area contributed by atoms with Crippen molar-refractivity contribution < 1.29 is 53.7 Å². The second-order valence-electron chi connectivity index (χ2n) is 18.5. The molecule has 0 aromatic heterocycles. The molecule has 1 heterocycles. The van der Waals surface area contributed by atoms with E-state index in [1.807, 2.05) is 6.07 Å². The van der Waals surface area contributed by atoms with Crippen LogP contribution in [0.3, 0.4) is 0 Å². The summed E-state index contributed by atoms with van der Waals surface area (Å²) in [6, 6.07) is 14.7. The predicted octanol–water partition coefficient (Wildman–Crippen LogP) is 0.00448. The number of unbranched alkanes of at least 4 members (excludes halogenated alkanes) is 1. The molecule has 4 aromatic rings. The zero-order valence-corrected chi connectivity index (χ0v) is 44.9. The molecule has 0 spiro atoms. The van der Waals surface area contributed by atoms with Crippen LogP contribution in [0.25, 0.3) is 0 Å². The minimum absolute atomic E-state index is 0.0329. The Kier molecular flexibility index (Phi) is 24.0. The fourth-order valence-corrected chi connectivity index (χ4v) is 10.4. The van der Waals surface area contributed by atoms with E-state index in [2.05, 4.69) is 37.2 Å². The number of hydrogen-bond donors (Lipinski definition) is 13. The van der Waals surface area contributed by atoms with Gasteiger partial charge in [0.05, 0.1) is 23.8 Å². The Morgan fingerprint density at radius 2 is 1.19 bits per heavy atom. The average molecular weight is 1130 g/mol. The summed E-state index contributed by atoms with van der Waals surface area (Å²) in [6.45, 7) is 1.43.